The molecule has 2 aliphatic rings. The van der Waals surface area contributed by atoms with Gasteiger partial charge in [0.15, 0.2) is 0 Å². The molecule has 0 aromatic rings. The molecule has 2 unspecified atom stereocenters. The fourth-order valence-electron chi connectivity index (χ4n) is 2.50. The summed E-state index contributed by atoms with van der Waals surface area (Å²) in [5.74, 6) is 0. The lowest BCUT2D eigenvalue weighted by atomic mass is 9.91. The summed E-state index contributed by atoms with van der Waals surface area (Å²) in [7, 11) is 0. The maximum absolute atomic E-state index is 9.95. The minimum absolute atomic E-state index is 0.388. The van der Waals surface area contributed by atoms with Gasteiger partial charge in [-0.3, -0.25) is 4.90 Å². The van der Waals surface area contributed by atoms with E-state index in [2.05, 4.69) is 4.90 Å². The molecule has 1 N–H and O–H groups in total. The van der Waals surface area contributed by atoms with Crippen LogP contribution >= 0.6 is 0 Å². The van der Waals surface area contributed by atoms with Gasteiger partial charge in [0, 0.05) is 12.6 Å². The molecule has 2 nitrogen and oxygen atoms in total. The first-order chi connectivity index (χ1) is 5.20. The van der Waals surface area contributed by atoms with Crippen LogP contribution in [0.2, 0.25) is 0 Å². The van der Waals surface area contributed by atoms with E-state index in [-0.39, 0.29) is 5.60 Å². The third-order valence-electron chi connectivity index (χ3n) is 3.24. The molecule has 0 amide bonds. The SMILES string of the molecule is CC1(O)CCN2CCCCC21. The Morgan fingerprint density at radius 1 is 1.36 bits per heavy atom. The second kappa shape index (κ2) is 2.46. The number of nitrogens with zero attached hydrogens (tertiary/aromatic N) is 1. The summed E-state index contributed by atoms with van der Waals surface area (Å²) in [5, 5.41) is 9.95. The van der Waals surface area contributed by atoms with Crippen molar-refractivity contribution in [1.29, 1.82) is 0 Å². The fraction of sp³-hybridized carbons (Fsp3) is 1.00. The summed E-state index contributed by atoms with van der Waals surface area (Å²) in [4.78, 5) is 2.45. The Kier molecular flexibility index (Phi) is 1.69. The zero-order chi connectivity index (χ0) is 7.90. The van der Waals surface area contributed by atoms with Crippen LogP contribution in [0.25, 0.3) is 0 Å². The highest BCUT2D eigenvalue weighted by Crippen LogP contribution is 2.34. The molecule has 64 valence electrons. The maximum Gasteiger partial charge on any atom is 0.0786 e. The first-order valence-electron chi connectivity index (χ1n) is 4.66. The van der Waals surface area contributed by atoms with Gasteiger partial charge >= 0.3 is 0 Å². The average Bonchev–Trinajstić information content (AvgIpc) is 2.29. The topological polar surface area (TPSA) is 23.5 Å². The molecule has 2 aliphatic heterocycles. The lowest BCUT2D eigenvalue weighted by Gasteiger charge is -2.35. The van der Waals surface area contributed by atoms with E-state index in [1.54, 1.807) is 0 Å². The number of hydrogen-bond donors (Lipinski definition) is 1. The van der Waals surface area contributed by atoms with Crippen molar-refractivity contribution in [3.05, 3.63) is 0 Å². The molecule has 0 aromatic heterocycles. The summed E-state index contributed by atoms with van der Waals surface area (Å²) in [6.07, 6.45) is 4.80. The lowest BCUT2D eigenvalue weighted by Crippen LogP contribution is -2.45. The Labute approximate surface area is 68.2 Å². The number of rotatable bonds is 0. The van der Waals surface area contributed by atoms with Crippen molar-refractivity contribution in [1.82, 2.24) is 4.90 Å². The normalized spacial score (nSPS) is 45.8. The van der Waals surface area contributed by atoms with E-state index in [1.165, 1.54) is 25.8 Å². The Morgan fingerprint density at radius 3 is 2.91 bits per heavy atom. The lowest BCUT2D eigenvalue weighted by molar-refractivity contribution is 0.00660. The van der Waals surface area contributed by atoms with E-state index in [0.717, 1.165) is 13.0 Å². The number of hydrogen-bond acceptors (Lipinski definition) is 2. The van der Waals surface area contributed by atoms with E-state index < -0.39 is 0 Å². The molecule has 2 rings (SSSR count). The molecule has 2 atom stereocenters. The Morgan fingerprint density at radius 2 is 2.18 bits per heavy atom. The zero-order valence-electron chi connectivity index (χ0n) is 7.21. The molecule has 2 heterocycles. The minimum atomic E-state index is -0.388. The predicted octanol–water partition coefficient (Wildman–Crippen LogP) is 0.996. The molecular weight excluding hydrogens is 138 g/mol. The molecule has 0 saturated carbocycles. The summed E-state index contributed by atoms with van der Waals surface area (Å²) in [6, 6.07) is 0.469. The van der Waals surface area contributed by atoms with Gasteiger partial charge in [-0.2, -0.15) is 0 Å². The van der Waals surface area contributed by atoms with Gasteiger partial charge in [-0.05, 0) is 32.7 Å². The van der Waals surface area contributed by atoms with Crippen LogP contribution in [0.4, 0.5) is 0 Å². The number of piperidine rings is 1. The standard InChI is InChI=1S/C9H17NO/c1-9(11)5-7-10-6-3-2-4-8(9)10/h8,11H,2-7H2,1H3. The first kappa shape index (κ1) is 7.56. The van der Waals surface area contributed by atoms with E-state index in [4.69, 9.17) is 0 Å². The summed E-state index contributed by atoms with van der Waals surface area (Å²) in [6.45, 7) is 4.31. The summed E-state index contributed by atoms with van der Waals surface area (Å²) in [5.41, 5.74) is -0.388. The van der Waals surface area contributed by atoms with Crippen LogP contribution in [-0.4, -0.2) is 34.7 Å². The number of aliphatic hydroxyl groups is 1. The van der Waals surface area contributed by atoms with Crippen LogP contribution in [0.5, 0.6) is 0 Å². The van der Waals surface area contributed by atoms with Crippen LogP contribution in [0.15, 0.2) is 0 Å². The van der Waals surface area contributed by atoms with Crippen molar-refractivity contribution in [3.8, 4) is 0 Å². The van der Waals surface area contributed by atoms with E-state index >= 15 is 0 Å². The minimum Gasteiger partial charge on any atom is -0.388 e. The molecule has 2 saturated heterocycles. The maximum atomic E-state index is 9.95. The molecule has 0 spiro atoms. The van der Waals surface area contributed by atoms with Gasteiger partial charge in [0.2, 0.25) is 0 Å². The van der Waals surface area contributed by atoms with Gasteiger partial charge in [0.1, 0.15) is 0 Å². The van der Waals surface area contributed by atoms with Crippen molar-refractivity contribution >= 4 is 0 Å². The van der Waals surface area contributed by atoms with E-state index in [0.29, 0.717) is 6.04 Å². The molecule has 11 heavy (non-hydrogen) atoms. The quantitative estimate of drug-likeness (QED) is 0.564. The van der Waals surface area contributed by atoms with Gasteiger partial charge in [-0.15, -0.1) is 0 Å². The third kappa shape index (κ3) is 1.18. The van der Waals surface area contributed by atoms with Gasteiger partial charge in [-0.25, -0.2) is 0 Å². The first-order valence-corrected chi connectivity index (χ1v) is 4.66. The molecular formula is C9H17NO. The molecule has 2 heteroatoms. The van der Waals surface area contributed by atoms with Crippen LogP contribution in [0.1, 0.15) is 32.6 Å². The van der Waals surface area contributed by atoms with Crippen LogP contribution in [0.3, 0.4) is 0 Å². The van der Waals surface area contributed by atoms with Crippen LogP contribution < -0.4 is 0 Å². The van der Waals surface area contributed by atoms with E-state index in [9.17, 15) is 5.11 Å². The van der Waals surface area contributed by atoms with Crippen molar-refractivity contribution < 1.29 is 5.11 Å². The Bertz CT molecular complexity index is 156. The Hall–Kier alpha value is -0.0800. The van der Waals surface area contributed by atoms with Gasteiger partial charge < -0.3 is 5.11 Å². The average molecular weight is 155 g/mol. The predicted molar refractivity (Wildman–Crippen MR) is 44.5 cm³/mol. The van der Waals surface area contributed by atoms with Crippen molar-refractivity contribution in [2.24, 2.45) is 0 Å². The second-order valence-electron chi connectivity index (χ2n) is 4.15. The highest BCUT2D eigenvalue weighted by Gasteiger charge is 2.42. The second-order valence-corrected chi connectivity index (χ2v) is 4.15. The summed E-state index contributed by atoms with van der Waals surface area (Å²) >= 11 is 0. The van der Waals surface area contributed by atoms with E-state index in [1.807, 2.05) is 6.92 Å². The third-order valence-corrected chi connectivity index (χ3v) is 3.24. The molecule has 0 radical (unpaired) electrons. The monoisotopic (exact) mass is 155 g/mol. The Balaban J connectivity index is 2.10. The van der Waals surface area contributed by atoms with Gasteiger partial charge in [-0.1, -0.05) is 6.42 Å². The number of fused-ring (bicyclic) bond motifs is 1. The molecule has 0 bridgehead atoms. The van der Waals surface area contributed by atoms with Crippen molar-refractivity contribution in [2.75, 3.05) is 13.1 Å². The molecule has 0 aromatic carbocycles. The fourth-order valence-corrected chi connectivity index (χ4v) is 2.50. The highest BCUT2D eigenvalue weighted by molar-refractivity contribution is 4.98. The smallest absolute Gasteiger partial charge is 0.0786 e. The van der Waals surface area contributed by atoms with Gasteiger partial charge in [0.25, 0.3) is 0 Å². The van der Waals surface area contributed by atoms with Crippen molar-refractivity contribution in [2.45, 2.75) is 44.2 Å². The van der Waals surface area contributed by atoms with Crippen molar-refractivity contribution in [3.63, 3.8) is 0 Å². The van der Waals surface area contributed by atoms with Gasteiger partial charge in [0.05, 0.1) is 5.60 Å². The molecule has 2 fully saturated rings. The zero-order valence-corrected chi connectivity index (χ0v) is 7.21. The highest BCUT2D eigenvalue weighted by atomic mass is 16.3. The summed E-state index contributed by atoms with van der Waals surface area (Å²) < 4.78 is 0. The van der Waals surface area contributed by atoms with Crippen LogP contribution in [-0.2, 0) is 0 Å². The molecule has 0 aliphatic carbocycles. The largest absolute Gasteiger partial charge is 0.388 e. The van der Waals surface area contributed by atoms with Crippen LogP contribution in [0, 0.1) is 0 Å².